The smallest absolute Gasteiger partial charge is 0.410 e. The Labute approximate surface area is 866 Å². The number of amides is 12. The maximum atomic E-state index is 14.4. The van der Waals surface area contributed by atoms with Gasteiger partial charge in [-0.05, 0) is 184 Å². The fourth-order valence-electron chi connectivity index (χ4n) is 22.9. The Morgan fingerprint density at radius 3 is 0.966 bits per heavy atom. The van der Waals surface area contributed by atoms with Crippen LogP contribution in [0.15, 0.2) is 54.6 Å². The fraction of sp³-hybridized carbons (Fsp3) is 0.720. The second-order valence-electron chi connectivity index (χ2n) is 48.7. The molecule has 3 unspecified atom stereocenters. The third-order valence-electron chi connectivity index (χ3n) is 32.2. The minimum absolute atomic E-state index is 0.00615. The van der Waals surface area contributed by atoms with Crippen molar-refractivity contribution in [3.63, 3.8) is 0 Å². The van der Waals surface area contributed by atoms with Gasteiger partial charge < -0.3 is 94.2 Å². The molecule has 37 nitrogen and oxygen atoms in total. The lowest BCUT2D eigenvalue weighted by Crippen LogP contribution is -2.58. The molecule has 9 aliphatic heterocycles. The molecule has 15 rings (SSSR count). The molecule has 816 valence electrons. The molecule has 147 heavy (non-hydrogen) atoms. The molecule has 18 atom stereocenters. The Bertz CT molecular complexity index is 5570. The van der Waals surface area contributed by atoms with Crippen LogP contribution in [0.5, 0.6) is 0 Å². The zero-order chi connectivity index (χ0) is 108. The number of carbonyl (C=O) groups excluding carboxylic acids is 12. The normalized spacial score (nSPS) is 30.5. The summed E-state index contributed by atoms with van der Waals surface area (Å²) in [6.45, 7) is 41.5. The summed E-state index contributed by atoms with van der Waals surface area (Å²) in [6.07, 6.45) is 7.23. The minimum Gasteiger partial charge on any atom is -0.449 e. The Morgan fingerprint density at radius 1 is 0.415 bits per heavy atom. The number of nitrogens with one attached hydrogen (secondary N) is 6. The molecule has 3 aliphatic carbocycles. The van der Waals surface area contributed by atoms with Gasteiger partial charge in [-0.2, -0.15) is 0 Å². The van der Waals surface area contributed by atoms with Crippen molar-refractivity contribution < 1.29 is 119 Å². The molecule has 3 aromatic carbocycles. The molecular weight excluding hydrogens is 1950 g/mol. The summed E-state index contributed by atoms with van der Waals surface area (Å²) in [5.41, 5.74) is 6.99. The van der Waals surface area contributed by atoms with E-state index in [0.717, 1.165) is 110 Å². The lowest BCUT2D eigenvalue weighted by atomic mass is 9.85. The van der Waals surface area contributed by atoms with Crippen molar-refractivity contribution in [2.24, 2.45) is 50.2 Å². The van der Waals surface area contributed by atoms with E-state index in [9.17, 15) is 85.9 Å². The zero-order valence-electron chi connectivity index (χ0n) is 90.2. The number of rotatable bonds is 15. The summed E-state index contributed by atoms with van der Waals surface area (Å²) in [7, 11) is -11.8. The van der Waals surface area contributed by atoms with Gasteiger partial charge >= 0.3 is 44.2 Å². The second kappa shape index (κ2) is 44.9. The number of hydrogen-bond acceptors (Lipinski definition) is 22. The molecule has 3 aromatic rings. The Kier molecular flexibility index (Phi) is 35.0. The zero-order valence-corrected chi connectivity index (χ0v) is 92.9. The lowest BCUT2D eigenvalue weighted by molar-refractivity contribution is -0.142. The molecule has 0 radical (unpaired) electrons. The van der Waals surface area contributed by atoms with Crippen LogP contribution in [0.25, 0.3) is 0 Å². The summed E-state index contributed by atoms with van der Waals surface area (Å²) >= 11 is 0. The molecule has 9 N–H and O–H groups in total. The molecule has 3 saturated heterocycles. The maximum absolute atomic E-state index is 14.4. The Morgan fingerprint density at radius 2 is 0.694 bits per heavy atom. The van der Waals surface area contributed by atoms with E-state index in [1.165, 1.54) is 38.1 Å². The van der Waals surface area contributed by atoms with E-state index in [2.05, 4.69) is 63.9 Å². The first kappa shape index (κ1) is 115. The van der Waals surface area contributed by atoms with E-state index in [4.69, 9.17) is 32.9 Å². The number of benzene rings is 3. The minimum atomic E-state index is -4.27. The number of alkyl carbamates (subject to hydrolysis) is 3. The van der Waals surface area contributed by atoms with E-state index in [-0.39, 0.29) is 112 Å². The highest BCUT2D eigenvalue weighted by Gasteiger charge is 2.69. The van der Waals surface area contributed by atoms with Crippen LogP contribution >= 0.6 is 22.3 Å². The van der Waals surface area contributed by atoms with Crippen LogP contribution in [0.3, 0.4) is 0 Å². The van der Waals surface area contributed by atoms with Gasteiger partial charge in [0.2, 0.25) is 50.2 Å². The summed E-state index contributed by atoms with van der Waals surface area (Å²) in [4.78, 5) is 207. The van der Waals surface area contributed by atoms with Gasteiger partial charge in [-0.3, -0.25) is 57.2 Å². The maximum Gasteiger partial charge on any atom is 0.410 e. The lowest BCUT2D eigenvalue weighted by Gasteiger charge is -2.36. The number of hydrogen-bond donors (Lipinski definition) is 9. The first-order chi connectivity index (χ1) is 68.7. The van der Waals surface area contributed by atoms with Crippen LogP contribution < -0.4 is 31.9 Å². The van der Waals surface area contributed by atoms with Crippen molar-refractivity contribution >= 4 is 94.3 Å². The summed E-state index contributed by atoms with van der Waals surface area (Å²) < 4.78 is 79.9. The van der Waals surface area contributed by atoms with E-state index in [0.29, 0.717) is 71.4 Å². The van der Waals surface area contributed by atoms with Crippen LogP contribution in [0.2, 0.25) is 0 Å². The van der Waals surface area contributed by atoms with Gasteiger partial charge in [0, 0.05) is 71.4 Å². The third kappa shape index (κ3) is 26.3. The molecule has 6 fully saturated rings. The highest BCUT2D eigenvalue weighted by Crippen LogP contribution is 2.72. The van der Waals surface area contributed by atoms with Gasteiger partial charge in [0.15, 0.2) is 0 Å². The van der Waals surface area contributed by atoms with Gasteiger partial charge in [0.05, 0.1) is 46.1 Å². The quantitative estimate of drug-likeness (QED) is 0.0504. The number of cyclic esters (lactones) is 3. The van der Waals surface area contributed by atoms with Gasteiger partial charge in [0.1, 0.15) is 70.4 Å². The van der Waals surface area contributed by atoms with Crippen LogP contribution in [0.1, 0.15) is 304 Å². The van der Waals surface area contributed by atoms with Crippen molar-refractivity contribution in [2.45, 2.75) is 383 Å². The van der Waals surface area contributed by atoms with Crippen LogP contribution in [-0.2, 0) is 134 Å². The average Bonchev–Trinajstić information content (AvgIpc) is 1.58. The number of aryl methyl sites for hydroxylation is 3. The number of nitrogens with zero attached hydrogens (tertiary/aromatic N) is 6. The SMILES string of the molecule is CCOP(=O)(O)[C@@]1(NC(=O)[C@@H]2C[C@@H]3CN2C(=O)[C@H](C(C)(C)C)NC(=O)OCC(C)(C)CCCCc2cccc4c2CN(C4)C(=O)O3)C[C@H]1CC.CC[C@@H]1C[C@]1(NC(=O)[C@@H]1C[C@@H]2CN1C(=O)[C@H](C(C)(C)C)NC(=O)OCC(C)(C)CCCCc1cccc3c1CN(C3)C(=O)O2)P(=O)(O)CC.CC[C@@H]1C[C@]1(NC(=O)[C@@H]1C[C@@H]2CN1C(=O)[C@H](C(C)(C)C)NC(=O)OCC(C)(C)CCCCc1cccc3c1CN(C3)C(=O)O2)P(C)(=O)O. The van der Waals surface area contributed by atoms with Gasteiger partial charge in [0.25, 0.3) is 0 Å². The fourth-order valence-corrected chi connectivity index (χ4v) is 28.7. The molecule has 0 spiro atoms. The Balaban J connectivity index is 0.000000184. The van der Waals surface area contributed by atoms with E-state index in [1.807, 2.05) is 126 Å². The monoisotopic (exact) mass is 2110 g/mol. The summed E-state index contributed by atoms with van der Waals surface area (Å²) in [5.74, 6) is -3.99. The van der Waals surface area contributed by atoms with Crippen molar-refractivity contribution in [1.82, 2.24) is 61.3 Å². The van der Waals surface area contributed by atoms with Gasteiger partial charge in [-0.15, -0.1) is 0 Å². The third-order valence-corrected chi connectivity index (χ3v) is 39.4. The highest BCUT2D eigenvalue weighted by atomic mass is 31.2. The van der Waals surface area contributed by atoms with Crippen LogP contribution in [-0.4, -0.2) is 245 Å². The first-order valence-corrected chi connectivity index (χ1v) is 58.6. The largest absolute Gasteiger partial charge is 0.449 e. The molecule has 3 saturated carbocycles. The molecule has 0 aromatic heterocycles. The molecule has 12 aliphatic rings. The number of fused-ring (bicyclic) bond motifs is 9. The van der Waals surface area contributed by atoms with Crippen molar-refractivity contribution in [3.05, 3.63) is 105 Å². The van der Waals surface area contributed by atoms with E-state index in [1.54, 1.807) is 49.3 Å². The van der Waals surface area contributed by atoms with Crippen LogP contribution in [0, 0.1) is 50.2 Å². The second-order valence-corrected chi connectivity index (χ2v) is 56.1. The standard InChI is InChI=1S/C36H55N4O9P.C36H55N4O8P.C35H53N4O8P/c1-8-25-18-36(25,50(45,46)48-9-2)38-30(41)28-17-26-20-40(28)31(42)29(34(3,4)5)37-32(43)47-22-35(6,7)16-11-10-13-23-14-12-15-24-19-39(21-27(23)24)33(44)49-26;1-8-25-18-36(25,49(45,46)9-2)38-30(41)28-17-26-20-40(28)31(42)29(34(3,4)5)37-32(43)47-22-35(6,7)16-11-10-13-23-14-12-15-24-19-39(21-27(23)24)33(44)48-26;1-8-24-17-35(24,48(7,44)45)37-29(40)27-16-25-19-39(27)30(41)28(33(2,3)4)36-31(42)46-21-34(5,6)15-10-9-12-22-13-11-14-23-18-38(20-26(22)23)32(43)47-25/h12,14-15,25-26,28-29H,8-11,13,16-22H2,1-7H3,(H,37,43)(H,38,41)(H,45,46);12,14-15,25-26,28-29H,8-11,13,16-22H2,1-7H3,(H,37,43)(H,38,41)(H,45,46);11,13-14,24-25,27-28H,8-10,12,15-21H2,1-7H3,(H,36,42)(H,37,40)(H,44,45)/t2*25-,26-,28+,29-,36+;24-,25-,27+,28-,35+/m111/s1. The van der Waals surface area contributed by atoms with Crippen molar-refractivity contribution in [2.75, 3.05) is 58.9 Å². The summed E-state index contributed by atoms with van der Waals surface area (Å²) in [5, 5.41) is 12.9. The predicted molar refractivity (Wildman–Crippen MR) is 551 cm³/mol. The molecule has 12 bridgehead atoms. The van der Waals surface area contributed by atoms with E-state index < -0.39 is 181 Å². The van der Waals surface area contributed by atoms with Gasteiger partial charge in [-0.25, -0.2) is 28.8 Å². The highest BCUT2D eigenvalue weighted by molar-refractivity contribution is 7.60. The number of carbonyl (C=O) groups is 12. The molecule has 12 amide bonds. The predicted octanol–water partition coefficient (Wildman–Crippen LogP) is 16.1. The van der Waals surface area contributed by atoms with Gasteiger partial charge in [-0.1, -0.05) is 225 Å². The Hall–Kier alpha value is -9.37. The van der Waals surface area contributed by atoms with E-state index >= 15 is 0 Å². The first-order valence-electron chi connectivity index (χ1n) is 53.1. The van der Waals surface area contributed by atoms with Crippen LogP contribution in [0.4, 0.5) is 28.8 Å². The average molecular weight is 2110 g/mol. The molecule has 9 heterocycles. The molecular formula is C107H163N12O25P3. The number of ether oxygens (including phenoxy) is 6. The van der Waals surface area contributed by atoms with Crippen molar-refractivity contribution in [3.8, 4) is 0 Å². The summed E-state index contributed by atoms with van der Waals surface area (Å²) in [6, 6.07) is 11.9. The topological polar surface area (TPSA) is 473 Å². The van der Waals surface area contributed by atoms with Crippen molar-refractivity contribution in [1.29, 1.82) is 0 Å². The molecule has 40 heteroatoms.